The van der Waals surface area contributed by atoms with Gasteiger partial charge in [-0.1, -0.05) is 12.1 Å². The number of carboxylic acid groups (broad SMARTS) is 1. The maximum atomic E-state index is 14.1. The van der Waals surface area contributed by atoms with E-state index < -0.39 is 17.6 Å². The molecule has 0 atom stereocenters. The molecule has 0 aliphatic carbocycles. The molecular formula is C17H16F2N2O3. The van der Waals surface area contributed by atoms with Gasteiger partial charge in [0.2, 0.25) is 5.91 Å². The summed E-state index contributed by atoms with van der Waals surface area (Å²) in [6, 6.07) is 4.34. The second-order valence-corrected chi connectivity index (χ2v) is 5.31. The van der Waals surface area contributed by atoms with Gasteiger partial charge in [-0.15, -0.1) is 0 Å². The molecule has 2 aromatic rings. The minimum absolute atomic E-state index is 0.0461. The summed E-state index contributed by atoms with van der Waals surface area (Å²) in [5.74, 6) is -3.37. The van der Waals surface area contributed by atoms with E-state index in [-0.39, 0.29) is 35.6 Å². The number of nitrogens with zero attached hydrogens (tertiary/aromatic N) is 1. The molecular weight excluding hydrogens is 318 g/mol. The zero-order chi connectivity index (χ0) is 17.7. The first-order valence-corrected chi connectivity index (χ1v) is 7.26. The summed E-state index contributed by atoms with van der Waals surface area (Å²) in [5.41, 5.74) is 0.919. The Bertz CT molecular complexity index is 778. The van der Waals surface area contributed by atoms with Crippen LogP contribution in [-0.4, -0.2) is 22.0 Å². The van der Waals surface area contributed by atoms with Crippen LogP contribution in [0.15, 0.2) is 30.6 Å². The predicted molar refractivity (Wildman–Crippen MR) is 82.5 cm³/mol. The molecule has 0 aliphatic heterocycles. The van der Waals surface area contributed by atoms with Crippen LogP contribution in [0.5, 0.6) is 0 Å². The first-order valence-electron chi connectivity index (χ1n) is 7.26. The summed E-state index contributed by atoms with van der Waals surface area (Å²) in [6.07, 6.45) is 3.25. The molecule has 0 saturated carbocycles. The second kappa shape index (κ2) is 7.63. The number of rotatable bonds is 6. The van der Waals surface area contributed by atoms with E-state index in [9.17, 15) is 18.4 Å². The van der Waals surface area contributed by atoms with Crippen LogP contribution in [0.25, 0.3) is 0 Å². The topological polar surface area (TPSA) is 79.3 Å². The number of halogens is 2. The molecule has 126 valence electrons. The van der Waals surface area contributed by atoms with Crippen LogP contribution in [0, 0.1) is 11.6 Å². The van der Waals surface area contributed by atoms with Crippen LogP contribution in [0.1, 0.15) is 34.0 Å². The molecule has 1 aromatic carbocycles. The number of amides is 1. The van der Waals surface area contributed by atoms with Crippen LogP contribution in [0.3, 0.4) is 0 Å². The fourth-order valence-corrected chi connectivity index (χ4v) is 2.20. The molecule has 1 heterocycles. The van der Waals surface area contributed by atoms with Crippen LogP contribution in [-0.2, 0) is 24.2 Å². The standard InChI is InChI=1S/C17H16F2N2O3/c1-10(22)21-9-13-5-4-12(15(18)16(13)19)3-2-11-6-14(17(23)24)8-20-7-11/h4-8H,2-3,9H2,1H3,(H,21,22)(H,23,24). The highest BCUT2D eigenvalue weighted by Crippen LogP contribution is 2.18. The number of aromatic nitrogens is 1. The minimum Gasteiger partial charge on any atom is -0.478 e. The zero-order valence-electron chi connectivity index (χ0n) is 13.0. The van der Waals surface area contributed by atoms with Gasteiger partial charge in [0.15, 0.2) is 11.6 Å². The number of hydrogen-bond acceptors (Lipinski definition) is 3. The summed E-state index contributed by atoms with van der Waals surface area (Å²) >= 11 is 0. The second-order valence-electron chi connectivity index (χ2n) is 5.31. The number of pyridine rings is 1. The summed E-state index contributed by atoms with van der Waals surface area (Å²) in [4.78, 5) is 25.6. The molecule has 1 aromatic heterocycles. The predicted octanol–water partition coefficient (Wildman–Crippen LogP) is 2.48. The first-order chi connectivity index (χ1) is 11.4. The van der Waals surface area contributed by atoms with E-state index >= 15 is 0 Å². The van der Waals surface area contributed by atoms with E-state index in [0.717, 1.165) is 0 Å². The van der Waals surface area contributed by atoms with Gasteiger partial charge < -0.3 is 10.4 Å². The number of aryl methyl sites for hydroxylation is 2. The van der Waals surface area contributed by atoms with E-state index in [1.54, 1.807) is 0 Å². The van der Waals surface area contributed by atoms with E-state index in [1.165, 1.54) is 37.5 Å². The molecule has 7 heteroatoms. The van der Waals surface area contributed by atoms with Gasteiger partial charge in [0, 0.05) is 31.4 Å². The molecule has 0 bridgehead atoms. The maximum absolute atomic E-state index is 14.1. The number of nitrogens with one attached hydrogen (secondary N) is 1. The van der Waals surface area contributed by atoms with Crippen molar-refractivity contribution in [1.82, 2.24) is 10.3 Å². The van der Waals surface area contributed by atoms with Gasteiger partial charge in [-0.2, -0.15) is 0 Å². The van der Waals surface area contributed by atoms with E-state index in [2.05, 4.69) is 10.3 Å². The van der Waals surface area contributed by atoms with Crippen LogP contribution >= 0.6 is 0 Å². The van der Waals surface area contributed by atoms with Crippen molar-refractivity contribution in [3.05, 3.63) is 64.5 Å². The van der Waals surface area contributed by atoms with Gasteiger partial charge in [-0.3, -0.25) is 9.78 Å². The Kier molecular flexibility index (Phi) is 5.57. The molecule has 2 rings (SSSR count). The van der Waals surface area contributed by atoms with Gasteiger partial charge in [0.25, 0.3) is 0 Å². The monoisotopic (exact) mass is 334 g/mol. The Balaban J connectivity index is 2.10. The highest BCUT2D eigenvalue weighted by Gasteiger charge is 2.14. The molecule has 0 aliphatic rings. The summed E-state index contributed by atoms with van der Waals surface area (Å²) < 4.78 is 28.1. The molecule has 0 radical (unpaired) electrons. The van der Waals surface area contributed by atoms with Crippen molar-refractivity contribution in [1.29, 1.82) is 0 Å². The number of hydrogen-bond donors (Lipinski definition) is 2. The lowest BCUT2D eigenvalue weighted by Crippen LogP contribution is -2.20. The average molecular weight is 334 g/mol. The Morgan fingerprint density at radius 3 is 2.46 bits per heavy atom. The SMILES string of the molecule is CC(=O)NCc1ccc(CCc2cncc(C(=O)O)c2)c(F)c1F. The molecule has 0 spiro atoms. The highest BCUT2D eigenvalue weighted by atomic mass is 19.2. The summed E-state index contributed by atoms with van der Waals surface area (Å²) in [5, 5.41) is 11.3. The normalized spacial score (nSPS) is 10.5. The Hall–Kier alpha value is -2.83. The fraction of sp³-hybridized carbons (Fsp3) is 0.235. The Morgan fingerprint density at radius 2 is 1.79 bits per heavy atom. The van der Waals surface area contributed by atoms with Crippen LogP contribution < -0.4 is 5.32 Å². The van der Waals surface area contributed by atoms with Crippen molar-refractivity contribution in [2.75, 3.05) is 0 Å². The number of carbonyl (C=O) groups excluding carboxylic acids is 1. The molecule has 2 N–H and O–H groups in total. The molecule has 24 heavy (non-hydrogen) atoms. The Morgan fingerprint density at radius 1 is 1.12 bits per heavy atom. The van der Waals surface area contributed by atoms with Crippen molar-refractivity contribution >= 4 is 11.9 Å². The third-order valence-electron chi connectivity index (χ3n) is 3.49. The van der Waals surface area contributed by atoms with Crippen molar-refractivity contribution in [3.63, 3.8) is 0 Å². The van der Waals surface area contributed by atoms with Gasteiger partial charge >= 0.3 is 5.97 Å². The molecule has 0 unspecified atom stereocenters. The first kappa shape index (κ1) is 17.5. The lowest BCUT2D eigenvalue weighted by Gasteiger charge is -2.09. The lowest BCUT2D eigenvalue weighted by atomic mass is 10.0. The zero-order valence-corrected chi connectivity index (χ0v) is 13.0. The Labute approximate surface area is 137 Å². The van der Waals surface area contributed by atoms with Gasteiger partial charge in [0.05, 0.1) is 5.56 Å². The number of carboxylic acids is 1. The smallest absolute Gasteiger partial charge is 0.337 e. The quantitative estimate of drug-likeness (QED) is 0.851. The largest absolute Gasteiger partial charge is 0.478 e. The summed E-state index contributed by atoms with van der Waals surface area (Å²) in [7, 11) is 0. The molecule has 0 saturated heterocycles. The highest BCUT2D eigenvalue weighted by molar-refractivity contribution is 5.87. The third kappa shape index (κ3) is 4.34. The van der Waals surface area contributed by atoms with Crippen molar-refractivity contribution in [2.45, 2.75) is 26.3 Å². The van der Waals surface area contributed by atoms with Gasteiger partial charge in [-0.05, 0) is 30.0 Å². The van der Waals surface area contributed by atoms with E-state index in [4.69, 9.17) is 5.11 Å². The van der Waals surface area contributed by atoms with Crippen LogP contribution in [0.2, 0.25) is 0 Å². The van der Waals surface area contributed by atoms with E-state index in [0.29, 0.717) is 12.0 Å². The maximum Gasteiger partial charge on any atom is 0.337 e. The molecule has 5 nitrogen and oxygen atoms in total. The lowest BCUT2D eigenvalue weighted by molar-refractivity contribution is -0.119. The third-order valence-corrected chi connectivity index (χ3v) is 3.49. The van der Waals surface area contributed by atoms with Gasteiger partial charge in [0.1, 0.15) is 0 Å². The number of benzene rings is 1. The number of aromatic carboxylic acids is 1. The molecule has 0 fully saturated rings. The molecule has 1 amide bonds. The minimum atomic E-state index is -1.09. The van der Waals surface area contributed by atoms with Crippen LogP contribution in [0.4, 0.5) is 8.78 Å². The average Bonchev–Trinajstić information content (AvgIpc) is 2.55. The van der Waals surface area contributed by atoms with E-state index in [1.807, 2.05) is 0 Å². The van der Waals surface area contributed by atoms with Crippen molar-refractivity contribution < 1.29 is 23.5 Å². The van der Waals surface area contributed by atoms with Crippen molar-refractivity contribution in [2.24, 2.45) is 0 Å². The number of carbonyl (C=O) groups is 2. The van der Waals surface area contributed by atoms with Crippen molar-refractivity contribution in [3.8, 4) is 0 Å². The van der Waals surface area contributed by atoms with Gasteiger partial charge in [-0.25, -0.2) is 13.6 Å². The summed E-state index contributed by atoms with van der Waals surface area (Å²) in [6.45, 7) is 1.21. The fourth-order valence-electron chi connectivity index (χ4n) is 2.20.